The number of urea groups is 1. The van der Waals surface area contributed by atoms with Gasteiger partial charge in [0.1, 0.15) is 6.20 Å². The molecular formula is C10H13N4O+. The van der Waals surface area contributed by atoms with Gasteiger partial charge < -0.3 is 10.6 Å². The summed E-state index contributed by atoms with van der Waals surface area (Å²) in [6.07, 6.45) is 3.90. The Labute approximate surface area is 87.1 Å². The van der Waals surface area contributed by atoms with E-state index in [0.717, 1.165) is 11.3 Å². The monoisotopic (exact) mass is 205 g/mol. The highest BCUT2D eigenvalue weighted by atomic mass is 16.2. The Morgan fingerprint density at radius 2 is 2.40 bits per heavy atom. The van der Waals surface area contributed by atoms with E-state index < -0.39 is 0 Å². The number of nitrogens with zero attached hydrogens (tertiary/aromatic N) is 1. The van der Waals surface area contributed by atoms with Crippen LogP contribution in [0.1, 0.15) is 5.69 Å². The van der Waals surface area contributed by atoms with Crippen LogP contribution in [0.25, 0.3) is 5.65 Å². The van der Waals surface area contributed by atoms with Crippen molar-refractivity contribution in [1.82, 2.24) is 15.6 Å². The maximum atomic E-state index is 11.0. The summed E-state index contributed by atoms with van der Waals surface area (Å²) in [4.78, 5) is 14.2. The van der Waals surface area contributed by atoms with Crippen LogP contribution in [0.15, 0.2) is 30.6 Å². The van der Waals surface area contributed by atoms with E-state index in [2.05, 4.69) is 15.6 Å². The quantitative estimate of drug-likeness (QED) is 0.602. The van der Waals surface area contributed by atoms with Crippen molar-refractivity contribution in [2.45, 2.75) is 6.54 Å². The lowest BCUT2D eigenvalue weighted by atomic mass is 10.5. The minimum absolute atomic E-state index is 0.182. The maximum Gasteiger partial charge on any atom is 0.314 e. The molecule has 5 heteroatoms. The standard InChI is InChI=1S/C10H12N4O/c1-11-10(15)12-6-8-7-14-5-3-2-4-9(14)13-8/h2-5,7H,6H2,1H3,(H2,11,12,15)/p+1. The van der Waals surface area contributed by atoms with Gasteiger partial charge in [-0.15, -0.1) is 0 Å². The van der Waals surface area contributed by atoms with Crippen LogP contribution < -0.4 is 15.0 Å². The third-order valence-electron chi connectivity index (χ3n) is 2.14. The van der Waals surface area contributed by atoms with Crippen molar-refractivity contribution in [2.24, 2.45) is 0 Å². The van der Waals surface area contributed by atoms with Gasteiger partial charge in [-0.1, -0.05) is 6.07 Å². The molecule has 0 saturated heterocycles. The van der Waals surface area contributed by atoms with E-state index in [4.69, 9.17) is 0 Å². The molecule has 2 rings (SSSR count). The van der Waals surface area contributed by atoms with Gasteiger partial charge in [0.15, 0.2) is 5.69 Å². The zero-order chi connectivity index (χ0) is 10.7. The second-order valence-corrected chi connectivity index (χ2v) is 3.21. The molecule has 0 aliphatic carbocycles. The molecule has 0 saturated carbocycles. The summed E-state index contributed by atoms with van der Waals surface area (Å²) in [5.74, 6) is 0. The van der Waals surface area contributed by atoms with E-state index in [9.17, 15) is 4.79 Å². The molecule has 0 radical (unpaired) electrons. The average Bonchev–Trinajstić information content (AvgIpc) is 2.68. The van der Waals surface area contributed by atoms with Gasteiger partial charge in [0, 0.05) is 13.1 Å². The first kappa shape index (κ1) is 9.51. The molecule has 0 aliphatic rings. The predicted molar refractivity (Wildman–Crippen MR) is 55.2 cm³/mol. The number of hydrogen-bond donors (Lipinski definition) is 3. The number of aromatic amines is 1. The van der Waals surface area contributed by atoms with Gasteiger partial charge in [0.25, 0.3) is 5.65 Å². The summed E-state index contributed by atoms with van der Waals surface area (Å²) >= 11 is 0. The number of H-pyrrole nitrogens is 1. The number of carbonyl (C=O) groups excluding carboxylic acids is 1. The normalized spacial score (nSPS) is 10.2. The first-order valence-electron chi connectivity index (χ1n) is 4.73. The summed E-state index contributed by atoms with van der Waals surface area (Å²) in [5.41, 5.74) is 1.97. The number of aromatic nitrogens is 2. The number of nitrogens with one attached hydrogen (secondary N) is 3. The van der Waals surface area contributed by atoms with Gasteiger partial charge >= 0.3 is 6.03 Å². The second kappa shape index (κ2) is 4.00. The van der Waals surface area contributed by atoms with Crippen molar-refractivity contribution in [1.29, 1.82) is 0 Å². The Morgan fingerprint density at radius 1 is 1.53 bits per heavy atom. The van der Waals surface area contributed by atoms with E-state index in [0.29, 0.717) is 6.54 Å². The van der Waals surface area contributed by atoms with Crippen molar-refractivity contribution in [3.05, 3.63) is 36.3 Å². The number of fused-ring (bicyclic) bond motifs is 1. The molecule has 15 heavy (non-hydrogen) atoms. The van der Waals surface area contributed by atoms with Gasteiger partial charge in [-0.05, 0) is 6.07 Å². The topological polar surface area (TPSA) is 61.0 Å². The van der Waals surface area contributed by atoms with Crippen molar-refractivity contribution in [2.75, 3.05) is 7.05 Å². The average molecular weight is 205 g/mol. The number of pyridine rings is 1. The van der Waals surface area contributed by atoms with Gasteiger partial charge in [-0.2, -0.15) is 0 Å². The molecule has 5 nitrogen and oxygen atoms in total. The van der Waals surface area contributed by atoms with Crippen molar-refractivity contribution < 1.29 is 9.20 Å². The molecule has 78 valence electrons. The molecule has 0 spiro atoms. The lowest BCUT2D eigenvalue weighted by molar-refractivity contribution is -0.510. The number of hydrogen-bond acceptors (Lipinski definition) is 1. The highest BCUT2D eigenvalue weighted by molar-refractivity contribution is 5.73. The molecule has 0 bridgehead atoms. The number of amides is 2. The smallest absolute Gasteiger partial charge is 0.314 e. The molecule has 0 fully saturated rings. The third kappa shape index (κ3) is 2.07. The van der Waals surface area contributed by atoms with Gasteiger partial charge in [-0.25, -0.2) is 14.2 Å². The third-order valence-corrected chi connectivity index (χ3v) is 2.14. The van der Waals surface area contributed by atoms with Gasteiger partial charge in [-0.3, -0.25) is 0 Å². The van der Waals surface area contributed by atoms with Crippen LogP contribution in [-0.2, 0) is 6.54 Å². The predicted octanol–water partition coefficient (Wildman–Crippen LogP) is 0.182. The van der Waals surface area contributed by atoms with Crippen LogP contribution in [-0.4, -0.2) is 18.1 Å². The summed E-state index contributed by atoms with van der Waals surface area (Å²) in [6, 6.07) is 5.71. The Hall–Kier alpha value is -2.04. The van der Waals surface area contributed by atoms with Crippen molar-refractivity contribution in [3.63, 3.8) is 0 Å². The van der Waals surface area contributed by atoms with Crippen LogP contribution in [0.4, 0.5) is 4.79 Å². The van der Waals surface area contributed by atoms with E-state index >= 15 is 0 Å². The molecule has 0 atom stereocenters. The highest BCUT2D eigenvalue weighted by Gasteiger charge is 2.07. The SMILES string of the molecule is CNC(=O)NCc1c[n+]2ccccc2[nH]1. The molecular weight excluding hydrogens is 192 g/mol. The largest absolute Gasteiger partial charge is 0.341 e. The highest BCUT2D eigenvalue weighted by Crippen LogP contribution is 1.96. The van der Waals surface area contributed by atoms with Crippen LogP contribution in [0.3, 0.4) is 0 Å². The molecule has 3 N–H and O–H groups in total. The van der Waals surface area contributed by atoms with Crippen LogP contribution in [0.2, 0.25) is 0 Å². The maximum absolute atomic E-state index is 11.0. The zero-order valence-electron chi connectivity index (χ0n) is 8.45. The van der Waals surface area contributed by atoms with Gasteiger partial charge in [0.2, 0.25) is 0 Å². The Morgan fingerprint density at radius 3 is 3.13 bits per heavy atom. The molecule has 0 aliphatic heterocycles. The van der Waals surface area contributed by atoms with E-state index in [-0.39, 0.29) is 6.03 Å². The Kier molecular flexibility index (Phi) is 2.53. The number of imidazole rings is 1. The van der Waals surface area contributed by atoms with Crippen molar-refractivity contribution >= 4 is 11.7 Å². The summed E-state index contributed by atoms with van der Waals surface area (Å²) in [6.45, 7) is 0.487. The lowest BCUT2D eigenvalue weighted by Gasteiger charge is -1.98. The fourth-order valence-corrected chi connectivity index (χ4v) is 1.39. The molecule has 0 aromatic carbocycles. The number of rotatable bonds is 2. The molecule has 2 heterocycles. The van der Waals surface area contributed by atoms with Crippen LogP contribution >= 0.6 is 0 Å². The Bertz CT molecular complexity index is 444. The summed E-state index contributed by atoms with van der Waals surface area (Å²) in [5, 5.41) is 5.21. The first-order valence-corrected chi connectivity index (χ1v) is 4.73. The zero-order valence-corrected chi connectivity index (χ0v) is 8.45. The molecule has 2 aromatic rings. The van der Waals surface area contributed by atoms with E-state index in [1.165, 1.54) is 0 Å². The first-order chi connectivity index (χ1) is 7.29. The minimum Gasteiger partial charge on any atom is -0.341 e. The number of carbonyl (C=O) groups is 1. The molecule has 0 unspecified atom stereocenters. The summed E-state index contributed by atoms with van der Waals surface area (Å²) < 4.78 is 1.97. The lowest BCUT2D eigenvalue weighted by Crippen LogP contribution is -2.32. The van der Waals surface area contributed by atoms with E-state index in [1.807, 2.05) is 35.0 Å². The van der Waals surface area contributed by atoms with Crippen LogP contribution in [0.5, 0.6) is 0 Å². The molecule has 2 amide bonds. The van der Waals surface area contributed by atoms with Crippen LogP contribution in [0, 0.1) is 0 Å². The van der Waals surface area contributed by atoms with Gasteiger partial charge in [0.05, 0.1) is 12.7 Å². The molecule has 2 aromatic heterocycles. The van der Waals surface area contributed by atoms with Crippen molar-refractivity contribution in [3.8, 4) is 0 Å². The fraction of sp³-hybridized carbons (Fsp3) is 0.200. The minimum atomic E-state index is -0.182. The van der Waals surface area contributed by atoms with E-state index in [1.54, 1.807) is 7.05 Å². The fourth-order valence-electron chi connectivity index (χ4n) is 1.39. The second-order valence-electron chi connectivity index (χ2n) is 3.21. The Balaban J connectivity index is 2.12. The summed E-state index contributed by atoms with van der Waals surface area (Å²) in [7, 11) is 1.59.